The van der Waals surface area contributed by atoms with Gasteiger partial charge in [-0.25, -0.2) is 0 Å². The van der Waals surface area contributed by atoms with Gasteiger partial charge in [0, 0.05) is 5.56 Å². The van der Waals surface area contributed by atoms with Crippen molar-refractivity contribution in [2.24, 2.45) is 0 Å². The van der Waals surface area contributed by atoms with Gasteiger partial charge in [0.15, 0.2) is 6.29 Å². The summed E-state index contributed by atoms with van der Waals surface area (Å²) in [6.07, 6.45) is 0.891. The molecule has 0 fully saturated rings. The number of aryl methyl sites for hydroxylation is 1. The van der Waals surface area contributed by atoms with E-state index in [1.807, 2.05) is 72.8 Å². The number of carbonyl (C=O) groups is 1. The summed E-state index contributed by atoms with van der Waals surface area (Å²) in [7, 11) is 1.72. The highest BCUT2D eigenvalue weighted by Gasteiger charge is 2.01. The summed E-state index contributed by atoms with van der Waals surface area (Å²) in [4.78, 5) is 10.8. The quantitative estimate of drug-likeness (QED) is 0.452. The summed E-state index contributed by atoms with van der Waals surface area (Å²) in [6.45, 7) is 2.08. The molecule has 0 aliphatic rings. The molecule has 3 aromatic carbocycles. The highest BCUT2D eigenvalue weighted by Crippen LogP contribution is 2.21. The van der Waals surface area contributed by atoms with E-state index in [-0.39, 0.29) is 0 Å². The summed E-state index contributed by atoms with van der Waals surface area (Å²) in [5.41, 5.74) is 4.12. The maximum absolute atomic E-state index is 10.8. The van der Waals surface area contributed by atoms with Crippen LogP contribution in [-0.4, -0.2) is 6.29 Å². The minimum atomic E-state index is 0.735. The molecular formula is C20H19O2P. The van der Waals surface area contributed by atoms with Crippen LogP contribution in [0.1, 0.15) is 15.9 Å². The Balaban J connectivity index is 0.000000247. The van der Waals surface area contributed by atoms with E-state index < -0.39 is 0 Å². The zero-order valence-corrected chi connectivity index (χ0v) is 14.0. The van der Waals surface area contributed by atoms with Crippen LogP contribution < -0.4 is 0 Å². The van der Waals surface area contributed by atoms with Crippen LogP contribution in [0.15, 0.2) is 84.9 Å². The lowest BCUT2D eigenvalue weighted by Gasteiger charge is -2.03. The van der Waals surface area contributed by atoms with Crippen molar-refractivity contribution in [1.29, 1.82) is 0 Å². The summed E-state index contributed by atoms with van der Waals surface area (Å²) >= 11 is 0. The molecule has 0 saturated carbocycles. The van der Waals surface area contributed by atoms with E-state index in [0.717, 1.165) is 23.0 Å². The predicted molar refractivity (Wildman–Crippen MR) is 97.4 cm³/mol. The van der Waals surface area contributed by atoms with E-state index >= 15 is 0 Å². The first-order chi connectivity index (χ1) is 11.3. The Morgan fingerprint density at radius 2 is 1.17 bits per heavy atom. The van der Waals surface area contributed by atoms with Crippen LogP contribution in [0.3, 0.4) is 0 Å². The van der Waals surface area contributed by atoms with E-state index in [4.69, 9.17) is 4.57 Å². The molecule has 0 aromatic heterocycles. The third-order valence-electron chi connectivity index (χ3n) is 3.11. The van der Waals surface area contributed by atoms with Gasteiger partial charge in [-0.2, -0.15) is 0 Å². The molecule has 0 atom stereocenters. The van der Waals surface area contributed by atoms with Gasteiger partial charge in [-0.15, -0.1) is 0 Å². The molecule has 0 N–H and O–H groups in total. The topological polar surface area (TPSA) is 34.1 Å². The third-order valence-corrected chi connectivity index (χ3v) is 3.11. The molecule has 0 heterocycles. The zero-order chi connectivity index (χ0) is 16.9. The monoisotopic (exact) mass is 322 g/mol. The number of rotatable bonds is 2. The second-order valence-corrected chi connectivity index (χ2v) is 4.73. The summed E-state index contributed by atoms with van der Waals surface area (Å²) < 4.78 is 8.06. The van der Waals surface area contributed by atoms with Crippen molar-refractivity contribution in [3.63, 3.8) is 0 Å². The summed E-state index contributed by atoms with van der Waals surface area (Å²) in [6, 6.07) is 27.8. The van der Waals surface area contributed by atoms with Crippen molar-refractivity contribution >= 4 is 15.4 Å². The Labute approximate surface area is 139 Å². The Bertz CT molecular complexity index is 697. The molecule has 2 nitrogen and oxygen atoms in total. The molecule has 3 heteroatoms. The van der Waals surface area contributed by atoms with Gasteiger partial charge in [-0.05, 0) is 18.1 Å². The second kappa shape index (κ2) is 11.1. The average Bonchev–Trinajstić information content (AvgIpc) is 2.65. The standard InChI is InChI=1S/C13H10O.C7H8.HOP/c14-10-12-8-4-5-9-13(12)11-6-2-1-3-7-11;1-7-5-3-2-4-6-7;1-2/h1-10H;2-6H,1H3;2H. The minimum absolute atomic E-state index is 0.735. The molecule has 0 radical (unpaired) electrons. The van der Waals surface area contributed by atoms with Crippen molar-refractivity contribution in [3.8, 4) is 11.1 Å². The highest BCUT2D eigenvalue weighted by molar-refractivity contribution is 7.00. The van der Waals surface area contributed by atoms with Gasteiger partial charge < -0.3 is 0 Å². The minimum Gasteiger partial charge on any atom is -0.298 e. The Morgan fingerprint density at radius 1 is 0.696 bits per heavy atom. The second-order valence-electron chi connectivity index (χ2n) is 4.73. The van der Waals surface area contributed by atoms with Gasteiger partial charge in [0.2, 0.25) is 0 Å². The zero-order valence-electron chi connectivity index (χ0n) is 13.0. The van der Waals surface area contributed by atoms with Crippen LogP contribution >= 0.6 is 9.12 Å². The molecule has 0 unspecified atom stereocenters. The normalized spacial score (nSPS) is 8.74. The molecule has 0 aliphatic carbocycles. The van der Waals surface area contributed by atoms with Crippen LogP contribution in [0.25, 0.3) is 11.1 Å². The van der Waals surface area contributed by atoms with Crippen molar-refractivity contribution < 1.29 is 9.36 Å². The maximum atomic E-state index is 10.8. The van der Waals surface area contributed by atoms with Crippen LogP contribution in [0.2, 0.25) is 0 Å². The number of aldehydes is 1. The fourth-order valence-electron chi connectivity index (χ4n) is 2.01. The van der Waals surface area contributed by atoms with Gasteiger partial charge in [0.05, 0.1) is 0 Å². The Kier molecular flexibility index (Phi) is 8.88. The third kappa shape index (κ3) is 6.37. The van der Waals surface area contributed by atoms with E-state index in [1.54, 1.807) is 9.12 Å². The molecule has 0 saturated heterocycles. The molecule has 3 aromatic rings. The van der Waals surface area contributed by atoms with Crippen molar-refractivity contribution in [2.45, 2.75) is 6.92 Å². The SMILES string of the molecule is Cc1ccccc1.O=Cc1ccccc1-c1ccccc1.O=P. The van der Waals surface area contributed by atoms with E-state index in [9.17, 15) is 4.79 Å². The number of hydrogen-bond acceptors (Lipinski definition) is 2. The molecule has 0 spiro atoms. The Morgan fingerprint density at radius 3 is 1.65 bits per heavy atom. The van der Waals surface area contributed by atoms with Crippen molar-refractivity contribution in [1.82, 2.24) is 0 Å². The molecule has 0 aliphatic heterocycles. The molecular weight excluding hydrogens is 303 g/mol. The fourth-order valence-corrected chi connectivity index (χ4v) is 2.01. The highest BCUT2D eigenvalue weighted by atomic mass is 31.0. The van der Waals surface area contributed by atoms with Gasteiger partial charge in [0.25, 0.3) is 0 Å². The van der Waals surface area contributed by atoms with Crippen molar-refractivity contribution in [2.75, 3.05) is 0 Å². The van der Waals surface area contributed by atoms with Gasteiger partial charge >= 0.3 is 0 Å². The maximum Gasteiger partial charge on any atom is 0.150 e. The van der Waals surface area contributed by atoms with Gasteiger partial charge in [0.1, 0.15) is 9.12 Å². The largest absolute Gasteiger partial charge is 0.298 e. The Hall–Kier alpha value is -2.57. The first kappa shape index (κ1) is 18.5. The summed E-state index contributed by atoms with van der Waals surface area (Å²) in [5.74, 6) is 0. The lowest BCUT2D eigenvalue weighted by Crippen LogP contribution is -1.85. The van der Waals surface area contributed by atoms with E-state index in [2.05, 4.69) is 19.1 Å². The number of benzene rings is 3. The molecule has 0 amide bonds. The van der Waals surface area contributed by atoms with E-state index in [1.165, 1.54) is 5.56 Å². The predicted octanol–water partition coefficient (Wildman–Crippen LogP) is 5.64. The smallest absolute Gasteiger partial charge is 0.150 e. The lowest BCUT2D eigenvalue weighted by atomic mass is 10.0. The molecule has 3 rings (SSSR count). The van der Waals surface area contributed by atoms with Crippen LogP contribution in [0.4, 0.5) is 0 Å². The fraction of sp³-hybridized carbons (Fsp3) is 0.0500. The van der Waals surface area contributed by atoms with Gasteiger partial charge in [-0.3, -0.25) is 9.36 Å². The van der Waals surface area contributed by atoms with Crippen molar-refractivity contribution in [3.05, 3.63) is 96.1 Å². The average molecular weight is 322 g/mol. The molecule has 0 bridgehead atoms. The van der Waals surface area contributed by atoms with Crippen LogP contribution in [-0.2, 0) is 4.57 Å². The first-order valence-corrected chi connectivity index (χ1v) is 7.54. The number of hydrogen-bond donors (Lipinski definition) is 0. The molecule has 23 heavy (non-hydrogen) atoms. The first-order valence-electron chi connectivity index (χ1n) is 7.13. The van der Waals surface area contributed by atoms with Gasteiger partial charge in [-0.1, -0.05) is 90.5 Å². The van der Waals surface area contributed by atoms with Crippen LogP contribution in [0, 0.1) is 6.92 Å². The lowest BCUT2D eigenvalue weighted by molar-refractivity contribution is 0.112. The molecule has 116 valence electrons. The van der Waals surface area contributed by atoms with E-state index in [0.29, 0.717) is 0 Å². The summed E-state index contributed by atoms with van der Waals surface area (Å²) in [5, 5.41) is 0. The van der Waals surface area contributed by atoms with Crippen LogP contribution in [0.5, 0.6) is 0 Å². The number of carbonyl (C=O) groups excluding carboxylic acids is 1.